The van der Waals surface area contributed by atoms with Gasteiger partial charge in [-0.2, -0.15) is 0 Å². The molecule has 3 aromatic rings. The van der Waals surface area contributed by atoms with E-state index in [-0.39, 0.29) is 12.4 Å². The lowest BCUT2D eigenvalue weighted by atomic mass is 10.4. The van der Waals surface area contributed by atoms with E-state index >= 15 is 0 Å². The zero-order chi connectivity index (χ0) is 16.8. The van der Waals surface area contributed by atoms with Crippen LogP contribution in [0.4, 0.5) is 0 Å². The second kappa shape index (κ2) is 7.53. The third kappa shape index (κ3) is 3.31. The topological polar surface area (TPSA) is 26.3 Å². The Kier molecular flexibility index (Phi) is 5.20. The number of Topliss-reactive ketones (excluding diaryl/α,β-unsaturated/α-hetero) is 1. The molecule has 3 heteroatoms. The van der Waals surface area contributed by atoms with Gasteiger partial charge in [-0.3, -0.25) is 4.79 Å². The number of ketones is 1. The third-order valence-corrected chi connectivity index (χ3v) is 7.41. The summed E-state index contributed by atoms with van der Waals surface area (Å²) in [6, 6.07) is 30.7. The zero-order valence-electron chi connectivity index (χ0n) is 13.6. The van der Waals surface area contributed by atoms with Gasteiger partial charge in [0.15, 0.2) is 5.78 Å². The summed E-state index contributed by atoms with van der Waals surface area (Å²) in [7, 11) is -2.33. The summed E-state index contributed by atoms with van der Waals surface area (Å²) in [6.45, 7) is 1.67. The van der Waals surface area contributed by atoms with Crippen LogP contribution in [0.25, 0.3) is 0 Å². The maximum Gasteiger partial charge on any atom is 0.242 e. The van der Waals surface area contributed by atoms with Gasteiger partial charge in [-0.25, -0.2) is 4.52 Å². The van der Waals surface area contributed by atoms with Crippen molar-refractivity contribution in [1.29, 1.82) is 0 Å². The van der Waals surface area contributed by atoms with E-state index in [0.717, 1.165) is 15.9 Å². The largest absolute Gasteiger partial charge is 0.297 e. The van der Waals surface area contributed by atoms with E-state index in [1.54, 1.807) is 6.92 Å². The number of carbonyl (C=O) groups is 1. The predicted molar refractivity (Wildman–Crippen MR) is 102 cm³/mol. The molecule has 2 nitrogen and oxygen atoms in total. The highest BCUT2D eigenvalue weighted by Gasteiger charge is 2.48. The van der Waals surface area contributed by atoms with Crippen molar-refractivity contribution < 1.29 is 9.32 Å². The smallest absolute Gasteiger partial charge is 0.242 e. The van der Waals surface area contributed by atoms with E-state index in [0.29, 0.717) is 0 Å². The molecule has 0 aliphatic heterocycles. The molecule has 0 heterocycles. The van der Waals surface area contributed by atoms with Gasteiger partial charge >= 0.3 is 0 Å². The van der Waals surface area contributed by atoms with Crippen molar-refractivity contribution in [2.45, 2.75) is 6.92 Å². The Balaban J connectivity index is 2.26. The quantitative estimate of drug-likeness (QED) is 0.645. The van der Waals surface area contributed by atoms with Crippen molar-refractivity contribution in [3.63, 3.8) is 0 Å². The zero-order valence-corrected chi connectivity index (χ0v) is 14.5. The summed E-state index contributed by atoms with van der Waals surface area (Å²) < 4.78 is 6.41. The molecule has 3 rings (SSSR count). The van der Waals surface area contributed by atoms with Crippen LogP contribution in [0.2, 0.25) is 0 Å². The van der Waals surface area contributed by atoms with Crippen molar-refractivity contribution in [2.75, 3.05) is 6.61 Å². The summed E-state index contributed by atoms with van der Waals surface area (Å²) >= 11 is 0. The molecule has 0 aromatic heterocycles. The monoisotopic (exact) mass is 335 g/mol. The van der Waals surface area contributed by atoms with Crippen LogP contribution >= 0.6 is 7.49 Å². The van der Waals surface area contributed by atoms with Crippen LogP contribution < -0.4 is 15.9 Å². The summed E-state index contributed by atoms with van der Waals surface area (Å²) in [5.41, 5.74) is 0. The molecule has 0 unspecified atom stereocenters. The average molecular weight is 335 g/mol. The van der Waals surface area contributed by atoms with Gasteiger partial charge in [0.25, 0.3) is 0 Å². The second-order valence-electron chi connectivity index (χ2n) is 5.59. The number of hydrogen-bond donors (Lipinski definition) is 0. The van der Waals surface area contributed by atoms with Crippen LogP contribution in [-0.4, -0.2) is 12.4 Å². The Hall–Kier alpha value is -2.28. The molecule has 0 N–H and O–H groups in total. The van der Waals surface area contributed by atoms with E-state index in [9.17, 15) is 4.79 Å². The van der Waals surface area contributed by atoms with Crippen molar-refractivity contribution in [2.24, 2.45) is 0 Å². The molecule has 0 radical (unpaired) electrons. The summed E-state index contributed by atoms with van der Waals surface area (Å²) in [5, 5.41) is 3.34. The van der Waals surface area contributed by atoms with E-state index in [1.807, 2.05) is 54.6 Å². The van der Waals surface area contributed by atoms with E-state index in [1.165, 1.54) is 0 Å². The molecule has 0 amide bonds. The van der Waals surface area contributed by atoms with Gasteiger partial charge in [-0.1, -0.05) is 54.6 Å². The Morgan fingerprint density at radius 2 is 1.04 bits per heavy atom. The molecular weight excluding hydrogens is 315 g/mol. The van der Waals surface area contributed by atoms with Crippen LogP contribution in [0.15, 0.2) is 91.0 Å². The third-order valence-electron chi connectivity index (χ3n) is 3.82. The standard InChI is InChI=1S/C21H20O2P/c1-18(22)17-23-24(19-11-5-2-6-12-19,20-13-7-3-8-14-20)21-15-9-4-10-16-21/h2-16H,17H2,1H3/q+1. The van der Waals surface area contributed by atoms with Gasteiger partial charge in [-0.15, -0.1) is 0 Å². The molecule has 0 aliphatic carbocycles. The molecule has 24 heavy (non-hydrogen) atoms. The van der Waals surface area contributed by atoms with Crippen molar-refractivity contribution in [3.05, 3.63) is 91.0 Å². The molecule has 0 bridgehead atoms. The average Bonchev–Trinajstić information content (AvgIpc) is 2.65. The fraction of sp³-hybridized carbons (Fsp3) is 0.0952. The lowest BCUT2D eigenvalue weighted by molar-refractivity contribution is -0.118. The van der Waals surface area contributed by atoms with Crippen molar-refractivity contribution in [1.82, 2.24) is 0 Å². The SMILES string of the molecule is CC(=O)CO[P+](c1ccccc1)(c1ccccc1)c1ccccc1. The molecular formula is C21H20O2P+. The van der Waals surface area contributed by atoms with Gasteiger partial charge in [0.05, 0.1) is 0 Å². The second-order valence-corrected chi connectivity index (χ2v) is 8.62. The maximum atomic E-state index is 11.7. The predicted octanol–water partition coefficient (Wildman–Crippen LogP) is 3.50. The van der Waals surface area contributed by atoms with Crippen LogP contribution in [-0.2, 0) is 9.32 Å². The maximum absolute atomic E-state index is 11.7. The summed E-state index contributed by atoms with van der Waals surface area (Å²) in [4.78, 5) is 11.7. The number of rotatable bonds is 6. The van der Waals surface area contributed by atoms with E-state index < -0.39 is 7.49 Å². The first-order valence-electron chi connectivity index (χ1n) is 7.93. The van der Waals surface area contributed by atoms with E-state index in [4.69, 9.17) is 4.52 Å². The minimum Gasteiger partial charge on any atom is -0.297 e. The Morgan fingerprint density at radius 1 is 0.708 bits per heavy atom. The van der Waals surface area contributed by atoms with Gasteiger partial charge in [0.2, 0.25) is 7.49 Å². The van der Waals surface area contributed by atoms with Gasteiger partial charge in [0.1, 0.15) is 22.5 Å². The van der Waals surface area contributed by atoms with E-state index in [2.05, 4.69) is 36.4 Å². The van der Waals surface area contributed by atoms with Crippen LogP contribution in [0, 0.1) is 0 Å². The summed E-state index contributed by atoms with van der Waals surface area (Å²) in [5.74, 6) is 0.0298. The highest BCUT2D eigenvalue weighted by Crippen LogP contribution is 2.56. The fourth-order valence-corrected chi connectivity index (χ4v) is 6.27. The Labute approximate surface area is 143 Å². The van der Waals surface area contributed by atoms with Crippen LogP contribution in [0.5, 0.6) is 0 Å². The molecule has 120 valence electrons. The minimum absolute atomic E-state index is 0.0298. The minimum atomic E-state index is -2.33. The number of carbonyl (C=O) groups excluding carboxylic acids is 1. The molecule has 0 aliphatic rings. The number of hydrogen-bond acceptors (Lipinski definition) is 2. The highest BCUT2D eigenvalue weighted by atomic mass is 31.2. The van der Waals surface area contributed by atoms with Gasteiger partial charge in [0, 0.05) is 0 Å². The normalized spacial score (nSPS) is 11.2. The molecule has 0 saturated carbocycles. The lowest BCUT2D eigenvalue weighted by Crippen LogP contribution is -2.33. The van der Waals surface area contributed by atoms with Gasteiger partial charge in [-0.05, 0) is 43.3 Å². The van der Waals surface area contributed by atoms with Crippen LogP contribution in [0.3, 0.4) is 0 Å². The first-order valence-corrected chi connectivity index (χ1v) is 9.64. The van der Waals surface area contributed by atoms with Crippen molar-refractivity contribution in [3.8, 4) is 0 Å². The Bertz CT molecular complexity index is 689. The first kappa shape index (κ1) is 16.6. The fourth-order valence-electron chi connectivity index (χ4n) is 2.77. The molecule has 3 aromatic carbocycles. The molecule has 0 saturated heterocycles. The lowest BCUT2D eigenvalue weighted by Gasteiger charge is -2.25. The van der Waals surface area contributed by atoms with Gasteiger partial charge < -0.3 is 0 Å². The summed E-state index contributed by atoms with van der Waals surface area (Å²) in [6.07, 6.45) is 0. The van der Waals surface area contributed by atoms with Crippen molar-refractivity contribution >= 4 is 29.2 Å². The first-order chi connectivity index (χ1) is 11.7. The number of benzene rings is 3. The Morgan fingerprint density at radius 3 is 1.33 bits per heavy atom. The molecule has 0 spiro atoms. The highest BCUT2D eigenvalue weighted by molar-refractivity contribution is 7.91. The molecule has 0 fully saturated rings. The van der Waals surface area contributed by atoms with Crippen LogP contribution in [0.1, 0.15) is 6.92 Å². The molecule has 0 atom stereocenters.